The Morgan fingerprint density at radius 2 is 1.59 bits per heavy atom. The van der Waals surface area contributed by atoms with E-state index in [0.29, 0.717) is 11.4 Å². The number of nitrogens with one attached hydrogen (secondary N) is 1. The summed E-state index contributed by atoms with van der Waals surface area (Å²) in [5, 5.41) is 2.82. The van der Waals surface area contributed by atoms with E-state index in [1.54, 1.807) is 0 Å². The largest absolute Gasteiger partial charge is 0.372 e. The molecule has 7 heteroatoms. The van der Waals surface area contributed by atoms with Crippen molar-refractivity contribution in [1.82, 2.24) is 0 Å². The molecule has 0 radical (unpaired) electrons. The van der Waals surface area contributed by atoms with E-state index in [4.69, 9.17) is 0 Å². The topological polar surface area (TPSA) is 69.7 Å². The highest BCUT2D eigenvalue weighted by Gasteiger charge is 2.24. The molecule has 1 heterocycles. The Morgan fingerprint density at radius 3 is 2.10 bits per heavy atom. The second-order valence-corrected chi connectivity index (χ2v) is 9.71. The third-order valence-corrected chi connectivity index (χ3v) is 6.31. The van der Waals surface area contributed by atoms with Crippen molar-refractivity contribution in [3.63, 3.8) is 0 Å². The molecule has 0 aliphatic carbocycles. The molecule has 3 rings (SSSR count). The smallest absolute Gasteiger partial charge is 0.245 e. The molecule has 29 heavy (non-hydrogen) atoms. The summed E-state index contributed by atoms with van der Waals surface area (Å²) in [4.78, 5) is 15.0. The van der Waals surface area contributed by atoms with Gasteiger partial charge in [-0.05, 0) is 69.0 Å². The first-order chi connectivity index (χ1) is 13.6. The number of rotatable bonds is 6. The van der Waals surface area contributed by atoms with E-state index in [-0.39, 0.29) is 12.5 Å². The lowest BCUT2D eigenvalue weighted by Crippen LogP contribution is -2.38. The molecule has 1 aliphatic rings. The number of nitrogens with zero attached hydrogens (tertiary/aromatic N) is 2. The van der Waals surface area contributed by atoms with Crippen molar-refractivity contribution in [2.24, 2.45) is 0 Å². The average molecular weight is 416 g/mol. The van der Waals surface area contributed by atoms with E-state index < -0.39 is 10.0 Å². The molecule has 1 saturated heterocycles. The zero-order chi connectivity index (χ0) is 21.2. The van der Waals surface area contributed by atoms with Crippen LogP contribution in [0.2, 0.25) is 0 Å². The normalized spacial score (nSPS) is 14.1. The van der Waals surface area contributed by atoms with Crippen LogP contribution in [0.1, 0.15) is 29.5 Å². The molecule has 2 aromatic carbocycles. The number of amides is 1. The zero-order valence-corrected chi connectivity index (χ0v) is 18.3. The van der Waals surface area contributed by atoms with Crippen LogP contribution in [0.5, 0.6) is 0 Å². The Kier molecular flexibility index (Phi) is 6.17. The first kappa shape index (κ1) is 21.2. The van der Waals surface area contributed by atoms with Crippen molar-refractivity contribution >= 4 is 33.0 Å². The molecule has 0 bridgehead atoms. The van der Waals surface area contributed by atoms with Gasteiger partial charge >= 0.3 is 0 Å². The molecule has 1 aliphatic heterocycles. The van der Waals surface area contributed by atoms with E-state index in [9.17, 15) is 13.2 Å². The predicted molar refractivity (Wildman–Crippen MR) is 119 cm³/mol. The molecule has 0 saturated carbocycles. The van der Waals surface area contributed by atoms with Crippen molar-refractivity contribution < 1.29 is 13.2 Å². The fourth-order valence-electron chi connectivity index (χ4n) is 3.99. The van der Waals surface area contributed by atoms with Gasteiger partial charge in [0.05, 0.1) is 11.9 Å². The number of aryl methyl sites for hydroxylation is 3. The van der Waals surface area contributed by atoms with E-state index in [2.05, 4.69) is 10.2 Å². The number of carbonyl (C=O) groups is 1. The Hall–Kier alpha value is -2.54. The minimum atomic E-state index is -3.62. The van der Waals surface area contributed by atoms with E-state index >= 15 is 0 Å². The van der Waals surface area contributed by atoms with Crippen LogP contribution in [0, 0.1) is 20.8 Å². The van der Waals surface area contributed by atoms with Gasteiger partial charge in [-0.25, -0.2) is 8.42 Å². The highest BCUT2D eigenvalue weighted by atomic mass is 32.2. The third-order valence-electron chi connectivity index (χ3n) is 5.19. The van der Waals surface area contributed by atoms with Gasteiger partial charge in [-0.3, -0.25) is 9.10 Å². The van der Waals surface area contributed by atoms with Crippen LogP contribution in [0.4, 0.5) is 17.1 Å². The van der Waals surface area contributed by atoms with Gasteiger partial charge in [0.15, 0.2) is 0 Å². The molecule has 1 fully saturated rings. The summed E-state index contributed by atoms with van der Waals surface area (Å²) < 4.78 is 26.1. The molecule has 1 N–H and O–H groups in total. The molecule has 0 atom stereocenters. The number of hydrogen-bond acceptors (Lipinski definition) is 4. The monoisotopic (exact) mass is 415 g/mol. The summed E-state index contributed by atoms with van der Waals surface area (Å²) in [6.45, 7) is 7.55. The quantitative estimate of drug-likeness (QED) is 0.782. The predicted octanol–water partition coefficient (Wildman–Crippen LogP) is 3.62. The van der Waals surface area contributed by atoms with Gasteiger partial charge in [-0.1, -0.05) is 17.7 Å². The Labute approximate surface area is 173 Å². The molecule has 0 aromatic heterocycles. The number of carbonyl (C=O) groups excluding carboxylic acids is 1. The second-order valence-electron chi connectivity index (χ2n) is 7.81. The summed E-state index contributed by atoms with van der Waals surface area (Å²) in [6.07, 6.45) is 3.54. The van der Waals surface area contributed by atoms with Crippen molar-refractivity contribution in [2.45, 2.75) is 33.6 Å². The Morgan fingerprint density at radius 1 is 1.03 bits per heavy atom. The standard InChI is InChI=1S/C22H29N3O3S/c1-16-13-17(2)22(18(3)14-16)25(29(4,27)28)15-21(26)23-19-7-9-20(10-8-19)24-11-5-6-12-24/h7-10,13-14H,5-6,11-12,15H2,1-4H3,(H,23,26). The lowest BCUT2D eigenvalue weighted by molar-refractivity contribution is -0.114. The van der Waals surface area contributed by atoms with Crippen molar-refractivity contribution in [1.29, 1.82) is 0 Å². The number of benzene rings is 2. The van der Waals surface area contributed by atoms with Gasteiger partial charge in [-0.2, -0.15) is 0 Å². The fraction of sp³-hybridized carbons (Fsp3) is 0.409. The van der Waals surface area contributed by atoms with Gasteiger partial charge in [0, 0.05) is 24.5 Å². The summed E-state index contributed by atoms with van der Waals surface area (Å²) in [5.41, 5.74) is 5.08. The minimum absolute atomic E-state index is 0.266. The lowest BCUT2D eigenvalue weighted by Gasteiger charge is -2.26. The number of sulfonamides is 1. The lowest BCUT2D eigenvalue weighted by atomic mass is 10.1. The number of anilines is 3. The molecule has 0 unspecified atom stereocenters. The minimum Gasteiger partial charge on any atom is -0.372 e. The SMILES string of the molecule is Cc1cc(C)c(N(CC(=O)Nc2ccc(N3CCCC3)cc2)S(C)(=O)=O)c(C)c1. The molecule has 2 aromatic rings. The van der Waals surface area contributed by atoms with Gasteiger partial charge in [0.1, 0.15) is 6.54 Å². The van der Waals surface area contributed by atoms with Crippen LogP contribution in [-0.2, 0) is 14.8 Å². The summed E-state index contributed by atoms with van der Waals surface area (Å²) in [7, 11) is -3.62. The second kappa shape index (κ2) is 8.45. The summed E-state index contributed by atoms with van der Waals surface area (Å²) in [6, 6.07) is 11.6. The zero-order valence-electron chi connectivity index (χ0n) is 17.5. The van der Waals surface area contributed by atoms with E-state index in [0.717, 1.165) is 41.7 Å². The van der Waals surface area contributed by atoms with Crippen LogP contribution < -0.4 is 14.5 Å². The molecule has 1 amide bonds. The maximum atomic E-state index is 12.6. The summed E-state index contributed by atoms with van der Waals surface area (Å²) in [5.74, 6) is -0.372. The molecule has 156 valence electrons. The van der Waals surface area contributed by atoms with Gasteiger partial charge < -0.3 is 10.2 Å². The third kappa shape index (κ3) is 5.09. The van der Waals surface area contributed by atoms with Crippen LogP contribution in [0.3, 0.4) is 0 Å². The first-order valence-electron chi connectivity index (χ1n) is 9.85. The van der Waals surface area contributed by atoms with Gasteiger partial charge in [-0.15, -0.1) is 0 Å². The van der Waals surface area contributed by atoms with Gasteiger partial charge in [0.25, 0.3) is 0 Å². The van der Waals surface area contributed by atoms with Crippen molar-refractivity contribution in [2.75, 3.05) is 40.4 Å². The van der Waals surface area contributed by atoms with E-state index in [1.165, 1.54) is 17.1 Å². The maximum absolute atomic E-state index is 12.6. The van der Waals surface area contributed by atoms with Crippen molar-refractivity contribution in [3.05, 3.63) is 53.1 Å². The van der Waals surface area contributed by atoms with Crippen LogP contribution in [-0.4, -0.2) is 40.2 Å². The van der Waals surface area contributed by atoms with Gasteiger partial charge in [0.2, 0.25) is 15.9 Å². The maximum Gasteiger partial charge on any atom is 0.245 e. The van der Waals surface area contributed by atoms with E-state index in [1.807, 2.05) is 57.2 Å². The van der Waals surface area contributed by atoms with Crippen LogP contribution in [0.25, 0.3) is 0 Å². The Bertz CT molecular complexity index is 971. The highest BCUT2D eigenvalue weighted by Crippen LogP contribution is 2.28. The molecule has 6 nitrogen and oxygen atoms in total. The molecule has 0 spiro atoms. The molecular formula is C22H29N3O3S. The highest BCUT2D eigenvalue weighted by molar-refractivity contribution is 7.92. The summed E-state index contributed by atoms with van der Waals surface area (Å²) >= 11 is 0. The fourth-order valence-corrected chi connectivity index (χ4v) is 4.96. The van der Waals surface area contributed by atoms with Crippen LogP contribution in [0.15, 0.2) is 36.4 Å². The Balaban J connectivity index is 1.76. The first-order valence-corrected chi connectivity index (χ1v) is 11.7. The number of hydrogen-bond donors (Lipinski definition) is 1. The van der Waals surface area contributed by atoms with Crippen molar-refractivity contribution in [3.8, 4) is 0 Å². The average Bonchev–Trinajstić information content (AvgIpc) is 3.14. The molecular weight excluding hydrogens is 386 g/mol. The van der Waals surface area contributed by atoms with Crippen LogP contribution >= 0.6 is 0 Å².